The lowest BCUT2D eigenvalue weighted by Gasteiger charge is -2.16. The van der Waals surface area contributed by atoms with Crippen LogP contribution in [0.3, 0.4) is 0 Å². The minimum absolute atomic E-state index is 0.331. The molecule has 2 heterocycles. The number of hydrogen-bond acceptors (Lipinski definition) is 6. The highest BCUT2D eigenvalue weighted by atomic mass is 16.5. The molecular formula is C23H23N3O5. The number of rotatable bonds is 5. The number of amides is 1. The van der Waals surface area contributed by atoms with Crippen molar-refractivity contribution in [3.8, 4) is 17.2 Å². The molecule has 0 fully saturated rings. The number of methoxy groups -OCH3 is 1. The van der Waals surface area contributed by atoms with Gasteiger partial charge >= 0.3 is 5.97 Å². The molecule has 1 aromatic heterocycles. The average Bonchev–Trinajstić information content (AvgIpc) is 3.28. The third-order valence-electron chi connectivity index (χ3n) is 4.86. The zero-order chi connectivity index (χ0) is 22.2. The molecule has 0 spiro atoms. The van der Waals surface area contributed by atoms with Gasteiger partial charge in [0.2, 0.25) is 0 Å². The molecule has 0 saturated heterocycles. The summed E-state index contributed by atoms with van der Waals surface area (Å²) in [5.41, 5.74) is 1.19. The van der Waals surface area contributed by atoms with Crippen LogP contribution in [0.1, 0.15) is 40.1 Å². The molecule has 1 amide bonds. The molecule has 0 unspecified atom stereocenters. The highest BCUT2D eigenvalue weighted by Gasteiger charge is 2.34. The summed E-state index contributed by atoms with van der Waals surface area (Å²) in [6.45, 7) is 3.95. The van der Waals surface area contributed by atoms with E-state index in [-0.39, 0.29) is 5.91 Å². The lowest BCUT2D eigenvalue weighted by atomic mass is 9.99. The predicted octanol–water partition coefficient (Wildman–Crippen LogP) is 3.96. The summed E-state index contributed by atoms with van der Waals surface area (Å²) in [7, 11) is 3.10. The van der Waals surface area contributed by atoms with Gasteiger partial charge in [0.1, 0.15) is 22.8 Å². The Hall–Kier alpha value is -3.81. The second-order valence-electron chi connectivity index (χ2n) is 7.94. The van der Waals surface area contributed by atoms with Gasteiger partial charge in [-0.3, -0.25) is 9.48 Å². The molecule has 31 heavy (non-hydrogen) atoms. The molecule has 0 aliphatic carbocycles. The van der Waals surface area contributed by atoms with Crippen molar-refractivity contribution in [2.75, 3.05) is 12.4 Å². The summed E-state index contributed by atoms with van der Waals surface area (Å²) < 4.78 is 18.5. The number of carbonyl (C=O) groups is 2. The standard InChI is InChI=1S/C23H23N3O5/c1-23(2)13-17-18(30-16-7-5-6-14(10-16)22(28)29-4)11-15(12-19(17)31-23)21(27)24-20-8-9-26(3)25-20/h5-12H,13H2,1-4H3,(H,24,25,27). The van der Waals surface area contributed by atoms with E-state index in [0.29, 0.717) is 40.6 Å². The van der Waals surface area contributed by atoms with E-state index in [1.165, 1.54) is 7.11 Å². The highest BCUT2D eigenvalue weighted by molar-refractivity contribution is 6.04. The van der Waals surface area contributed by atoms with Gasteiger partial charge in [-0.05, 0) is 44.2 Å². The van der Waals surface area contributed by atoms with Crippen molar-refractivity contribution < 1.29 is 23.8 Å². The maximum Gasteiger partial charge on any atom is 0.337 e. The van der Waals surface area contributed by atoms with E-state index in [1.807, 2.05) is 13.8 Å². The molecule has 1 aliphatic rings. The maximum absolute atomic E-state index is 12.8. The molecule has 0 radical (unpaired) electrons. The maximum atomic E-state index is 12.8. The van der Waals surface area contributed by atoms with Gasteiger partial charge in [0, 0.05) is 36.9 Å². The van der Waals surface area contributed by atoms with Crippen LogP contribution in [-0.4, -0.2) is 34.4 Å². The first-order valence-electron chi connectivity index (χ1n) is 9.77. The fourth-order valence-electron chi connectivity index (χ4n) is 3.47. The molecule has 8 heteroatoms. The topological polar surface area (TPSA) is 91.7 Å². The van der Waals surface area contributed by atoms with E-state index in [4.69, 9.17) is 14.2 Å². The van der Waals surface area contributed by atoms with Gasteiger partial charge in [-0.2, -0.15) is 5.10 Å². The number of anilines is 1. The zero-order valence-corrected chi connectivity index (χ0v) is 17.8. The van der Waals surface area contributed by atoms with Crippen molar-refractivity contribution in [3.63, 3.8) is 0 Å². The molecule has 3 aromatic rings. The molecule has 160 valence electrons. The number of ether oxygens (including phenoxy) is 3. The van der Waals surface area contributed by atoms with Gasteiger partial charge in [0.15, 0.2) is 5.82 Å². The first-order chi connectivity index (χ1) is 14.7. The molecule has 2 aromatic carbocycles. The molecular weight excluding hydrogens is 398 g/mol. The number of nitrogens with zero attached hydrogens (tertiary/aromatic N) is 2. The first-order valence-corrected chi connectivity index (χ1v) is 9.77. The van der Waals surface area contributed by atoms with Crippen LogP contribution in [0.2, 0.25) is 0 Å². The summed E-state index contributed by atoms with van der Waals surface area (Å²) in [6, 6.07) is 11.8. The Kier molecular flexibility index (Phi) is 5.14. The minimum Gasteiger partial charge on any atom is -0.487 e. The molecule has 8 nitrogen and oxygen atoms in total. The third-order valence-corrected chi connectivity index (χ3v) is 4.86. The number of hydrogen-bond donors (Lipinski definition) is 1. The molecule has 0 saturated carbocycles. The van der Waals surface area contributed by atoms with Crippen molar-refractivity contribution in [3.05, 3.63) is 65.4 Å². The normalized spacial score (nSPS) is 13.8. The van der Waals surface area contributed by atoms with Crippen molar-refractivity contribution in [2.24, 2.45) is 7.05 Å². The van der Waals surface area contributed by atoms with Crippen LogP contribution >= 0.6 is 0 Å². The van der Waals surface area contributed by atoms with E-state index >= 15 is 0 Å². The Morgan fingerprint density at radius 2 is 1.97 bits per heavy atom. The number of fused-ring (bicyclic) bond motifs is 1. The number of nitrogens with one attached hydrogen (secondary N) is 1. The van der Waals surface area contributed by atoms with Gasteiger partial charge in [-0.25, -0.2) is 4.79 Å². The van der Waals surface area contributed by atoms with Gasteiger partial charge in [0.05, 0.1) is 12.7 Å². The van der Waals surface area contributed by atoms with Crippen LogP contribution in [0.5, 0.6) is 17.2 Å². The SMILES string of the molecule is COC(=O)c1cccc(Oc2cc(C(=O)Nc3ccn(C)n3)cc3c2CC(C)(C)O3)c1. The Labute approximate surface area is 179 Å². The van der Waals surface area contributed by atoms with Gasteiger partial charge in [-0.1, -0.05) is 6.07 Å². The van der Waals surface area contributed by atoms with Crippen LogP contribution in [-0.2, 0) is 18.2 Å². The second-order valence-corrected chi connectivity index (χ2v) is 7.94. The van der Waals surface area contributed by atoms with E-state index in [1.54, 1.807) is 60.4 Å². The van der Waals surface area contributed by atoms with Crippen LogP contribution in [0.4, 0.5) is 5.82 Å². The van der Waals surface area contributed by atoms with E-state index < -0.39 is 11.6 Å². The fraction of sp³-hybridized carbons (Fsp3) is 0.261. The lowest BCUT2D eigenvalue weighted by molar-refractivity contribution is 0.0600. The number of benzene rings is 2. The smallest absolute Gasteiger partial charge is 0.337 e. The Bertz CT molecular complexity index is 1170. The minimum atomic E-state index is -0.455. The molecule has 0 bridgehead atoms. The van der Waals surface area contributed by atoms with E-state index in [9.17, 15) is 9.59 Å². The van der Waals surface area contributed by atoms with Crippen molar-refractivity contribution >= 4 is 17.7 Å². The van der Waals surface area contributed by atoms with Crippen molar-refractivity contribution in [1.82, 2.24) is 9.78 Å². The van der Waals surface area contributed by atoms with Crippen LogP contribution in [0, 0.1) is 0 Å². The Morgan fingerprint density at radius 3 is 2.68 bits per heavy atom. The zero-order valence-electron chi connectivity index (χ0n) is 17.8. The van der Waals surface area contributed by atoms with E-state index in [2.05, 4.69) is 10.4 Å². The molecule has 1 aliphatic heterocycles. The predicted molar refractivity (Wildman–Crippen MR) is 114 cm³/mol. The van der Waals surface area contributed by atoms with Crippen LogP contribution < -0.4 is 14.8 Å². The van der Waals surface area contributed by atoms with Crippen LogP contribution in [0.15, 0.2) is 48.7 Å². The first kappa shape index (κ1) is 20.5. The number of carbonyl (C=O) groups excluding carboxylic acids is 2. The van der Waals surface area contributed by atoms with Gasteiger partial charge in [-0.15, -0.1) is 0 Å². The van der Waals surface area contributed by atoms with Crippen molar-refractivity contribution in [2.45, 2.75) is 25.9 Å². The Morgan fingerprint density at radius 1 is 1.16 bits per heavy atom. The summed E-state index contributed by atoms with van der Waals surface area (Å²) in [4.78, 5) is 24.7. The number of esters is 1. The highest BCUT2D eigenvalue weighted by Crippen LogP contribution is 2.43. The lowest BCUT2D eigenvalue weighted by Crippen LogP contribution is -2.24. The number of aryl methyl sites for hydroxylation is 1. The van der Waals surface area contributed by atoms with Crippen molar-refractivity contribution in [1.29, 1.82) is 0 Å². The van der Waals surface area contributed by atoms with Crippen LogP contribution in [0.25, 0.3) is 0 Å². The van der Waals surface area contributed by atoms with Gasteiger partial charge < -0.3 is 19.5 Å². The van der Waals surface area contributed by atoms with E-state index in [0.717, 1.165) is 5.56 Å². The van der Waals surface area contributed by atoms with Gasteiger partial charge in [0.25, 0.3) is 5.91 Å². The summed E-state index contributed by atoms with van der Waals surface area (Å²) in [6.07, 6.45) is 2.36. The quantitative estimate of drug-likeness (QED) is 0.627. The summed E-state index contributed by atoms with van der Waals surface area (Å²) >= 11 is 0. The fourth-order valence-corrected chi connectivity index (χ4v) is 3.47. The molecule has 0 atom stereocenters. The average molecular weight is 421 g/mol. The monoisotopic (exact) mass is 421 g/mol. The summed E-state index contributed by atoms with van der Waals surface area (Å²) in [5.74, 6) is 1.21. The molecule has 4 rings (SSSR count). The Balaban J connectivity index is 1.68. The summed E-state index contributed by atoms with van der Waals surface area (Å²) in [5, 5.41) is 6.95. The second kappa shape index (κ2) is 7.79. The molecule has 1 N–H and O–H groups in total. The largest absolute Gasteiger partial charge is 0.487 e. The number of aromatic nitrogens is 2. The third kappa shape index (κ3) is 4.37.